The Morgan fingerprint density at radius 1 is 1.24 bits per heavy atom. The van der Waals surface area contributed by atoms with Crippen LogP contribution < -0.4 is 4.74 Å². The van der Waals surface area contributed by atoms with E-state index in [0.29, 0.717) is 11.2 Å². The summed E-state index contributed by atoms with van der Waals surface area (Å²) in [7, 11) is 0. The number of aliphatic carboxylic acids is 1. The first-order valence-electron chi connectivity index (χ1n) is 9.64. The average molecular weight is 491 g/mol. The lowest BCUT2D eigenvalue weighted by molar-refractivity contribution is -0.145. The van der Waals surface area contributed by atoms with E-state index in [1.54, 1.807) is 11.0 Å². The Labute approximate surface area is 194 Å². The van der Waals surface area contributed by atoms with E-state index in [9.17, 15) is 27.2 Å². The van der Waals surface area contributed by atoms with Crippen molar-refractivity contribution < 1.29 is 37.0 Å². The molecule has 12 heteroatoms. The highest BCUT2D eigenvalue weighted by Gasteiger charge is 2.38. The lowest BCUT2D eigenvalue weighted by Gasteiger charge is -2.37. The van der Waals surface area contributed by atoms with Crippen LogP contribution in [0.15, 0.2) is 46.3 Å². The van der Waals surface area contributed by atoms with Gasteiger partial charge in [0.15, 0.2) is 16.7 Å². The van der Waals surface area contributed by atoms with Crippen molar-refractivity contribution in [3.05, 3.63) is 63.8 Å². The number of carbonyl (C=O) groups is 2. The molecule has 2 aromatic rings. The summed E-state index contributed by atoms with van der Waals surface area (Å²) in [5.74, 6) is -4.11. The Balaban J connectivity index is 1.50. The maximum Gasteiger partial charge on any atom is 0.420 e. The summed E-state index contributed by atoms with van der Waals surface area (Å²) < 4.78 is 59.7. The van der Waals surface area contributed by atoms with Crippen LogP contribution in [-0.2, 0) is 15.8 Å². The number of thioether (sulfide) groups is 1. The van der Waals surface area contributed by atoms with Gasteiger partial charge in [-0.1, -0.05) is 6.07 Å². The van der Waals surface area contributed by atoms with E-state index in [2.05, 4.69) is 4.99 Å². The van der Waals surface area contributed by atoms with E-state index >= 15 is 0 Å². The molecule has 174 valence electrons. The van der Waals surface area contributed by atoms with Gasteiger partial charge in [0.25, 0.3) is 5.91 Å². The molecule has 1 N–H and O–H groups in total. The summed E-state index contributed by atoms with van der Waals surface area (Å²) in [6.45, 7) is 0.468. The predicted octanol–water partition coefficient (Wildman–Crippen LogP) is 4.50. The molecule has 1 saturated heterocycles. The van der Waals surface area contributed by atoms with Gasteiger partial charge in [-0.05, 0) is 53.7 Å². The second-order valence-corrected chi connectivity index (χ2v) is 8.37. The zero-order valence-electron chi connectivity index (χ0n) is 17.0. The fourth-order valence-corrected chi connectivity index (χ4v) is 4.13. The van der Waals surface area contributed by atoms with Gasteiger partial charge in [0.2, 0.25) is 0 Å². The van der Waals surface area contributed by atoms with Crippen molar-refractivity contribution in [2.75, 3.05) is 13.1 Å². The van der Waals surface area contributed by atoms with Gasteiger partial charge in [0.1, 0.15) is 5.75 Å². The van der Waals surface area contributed by atoms with Gasteiger partial charge in [-0.25, -0.2) is 4.39 Å². The monoisotopic (exact) mass is 491 g/mol. The van der Waals surface area contributed by atoms with Gasteiger partial charge in [0.05, 0.1) is 28.0 Å². The molecule has 34 heavy (non-hydrogen) atoms. The Hall–Kier alpha value is -3.85. The topological polar surface area (TPSA) is 103 Å². The number of alkyl halides is 3. The Morgan fingerprint density at radius 3 is 2.56 bits per heavy atom. The maximum absolute atomic E-state index is 14.6. The van der Waals surface area contributed by atoms with Crippen LogP contribution in [0.2, 0.25) is 0 Å². The number of halogens is 4. The molecule has 4 rings (SSSR count). The van der Waals surface area contributed by atoms with Crippen molar-refractivity contribution in [1.82, 2.24) is 4.90 Å². The van der Waals surface area contributed by atoms with Crippen LogP contribution in [0.25, 0.3) is 6.08 Å². The van der Waals surface area contributed by atoms with Crippen molar-refractivity contribution in [2.45, 2.75) is 6.18 Å². The highest BCUT2D eigenvalue weighted by Crippen LogP contribution is 2.39. The number of nitriles is 1. The van der Waals surface area contributed by atoms with Gasteiger partial charge in [-0.15, -0.1) is 0 Å². The maximum atomic E-state index is 14.6. The lowest BCUT2D eigenvalue weighted by atomic mass is 10.0. The molecule has 0 aromatic heterocycles. The number of amides is 1. The van der Waals surface area contributed by atoms with E-state index in [0.717, 1.165) is 36.0 Å². The molecule has 0 saturated carbocycles. The molecule has 2 aliphatic rings. The first kappa shape index (κ1) is 23.3. The number of hydrogen-bond acceptors (Lipinski definition) is 6. The molecule has 0 unspecified atom stereocenters. The van der Waals surface area contributed by atoms with Crippen LogP contribution >= 0.6 is 11.8 Å². The Morgan fingerprint density at radius 2 is 1.94 bits per heavy atom. The van der Waals surface area contributed by atoms with E-state index in [4.69, 9.17) is 15.1 Å². The molecule has 2 aromatic carbocycles. The smallest absolute Gasteiger partial charge is 0.420 e. The second-order valence-electron chi connectivity index (χ2n) is 7.36. The van der Waals surface area contributed by atoms with Crippen molar-refractivity contribution in [3.63, 3.8) is 0 Å². The van der Waals surface area contributed by atoms with E-state index in [-0.39, 0.29) is 29.1 Å². The molecular weight excluding hydrogens is 478 g/mol. The number of hydrogen-bond donors (Lipinski definition) is 1. The van der Waals surface area contributed by atoms with Crippen molar-refractivity contribution >= 4 is 34.9 Å². The summed E-state index contributed by atoms with van der Waals surface area (Å²) in [5, 5.41) is 18.1. The number of amidine groups is 1. The summed E-state index contributed by atoms with van der Waals surface area (Å²) in [6, 6.07) is 7.76. The Bertz CT molecular complexity index is 1290. The third-order valence-corrected chi connectivity index (χ3v) is 6.04. The number of ether oxygens (including phenoxy) is 1. The standard InChI is InChI=1S/C22H13F4N3O4S/c23-15-6-11(7-18-19(30)28-21(34-18)29-9-13(10-29)20(31)32)1-4-17(15)33-16-3-2-12(8-27)5-14(16)22(24,25)26/h1-7,13H,9-10H2,(H,31,32)/b18-7-. The van der Waals surface area contributed by atoms with Crippen molar-refractivity contribution in [3.8, 4) is 17.6 Å². The van der Waals surface area contributed by atoms with Crippen LogP contribution in [0.3, 0.4) is 0 Å². The van der Waals surface area contributed by atoms with Crippen LogP contribution in [0.1, 0.15) is 16.7 Å². The molecular formula is C22H13F4N3O4S. The number of benzene rings is 2. The zero-order valence-corrected chi connectivity index (χ0v) is 17.8. The van der Waals surface area contributed by atoms with Crippen LogP contribution in [-0.4, -0.2) is 40.1 Å². The highest BCUT2D eigenvalue weighted by atomic mass is 32.2. The number of likely N-dealkylation sites (tertiary alicyclic amines) is 1. The molecule has 2 aliphatic heterocycles. The predicted molar refractivity (Wildman–Crippen MR) is 113 cm³/mol. The minimum absolute atomic E-state index is 0.188. The largest absolute Gasteiger partial charge is 0.481 e. The van der Waals surface area contributed by atoms with Gasteiger partial charge >= 0.3 is 12.1 Å². The van der Waals surface area contributed by atoms with Gasteiger partial charge < -0.3 is 14.7 Å². The molecule has 0 radical (unpaired) electrons. The number of carboxylic acid groups (broad SMARTS) is 1. The quantitative estimate of drug-likeness (QED) is 0.496. The third kappa shape index (κ3) is 4.74. The second kappa shape index (κ2) is 8.83. The SMILES string of the molecule is N#Cc1ccc(Oc2ccc(/C=C3\SC(N4CC(C(=O)O)C4)=NC3=O)cc2F)c(C(F)(F)F)c1. The van der Waals surface area contributed by atoms with E-state index < -0.39 is 46.9 Å². The minimum Gasteiger partial charge on any atom is -0.481 e. The summed E-state index contributed by atoms with van der Waals surface area (Å²) in [4.78, 5) is 28.8. The number of carboxylic acids is 1. The van der Waals surface area contributed by atoms with Gasteiger partial charge in [-0.3, -0.25) is 9.59 Å². The number of nitrogens with zero attached hydrogens (tertiary/aromatic N) is 3. The minimum atomic E-state index is -4.82. The molecule has 1 fully saturated rings. The third-order valence-electron chi connectivity index (χ3n) is 5.00. The normalized spacial score (nSPS) is 17.4. The van der Waals surface area contributed by atoms with Gasteiger partial charge in [0, 0.05) is 13.1 Å². The van der Waals surface area contributed by atoms with E-state index in [1.165, 1.54) is 12.1 Å². The molecule has 0 spiro atoms. The number of carbonyl (C=O) groups excluding carboxylic acids is 1. The number of rotatable bonds is 4. The van der Waals surface area contributed by atoms with Crippen LogP contribution in [0.4, 0.5) is 17.6 Å². The van der Waals surface area contributed by atoms with E-state index in [1.807, 2.05) is 0 Å². The lowest BCUT2D eigenvalue weighted by Crippen LogP contribution is -2.51. The van der Waals surface area contributed by atoms with Crippen molar-refractivity contribution in [1.29, 1.82) is 5.26 Å². The average Bonchev–Trinajstić information content (AvgIpc) is 3.07. The fourth-order valence-electron chi connectivity index (χ4n) is 3.19. The summed E-state index contributed by atoms with van der Waals surface area (Å²) in [5.41, 5.74) is -1.19. The molecule has 0 bridgehead atoms. The van der Waals surface area contributed by atoms with Crippen LogP contribution in [0, 0.1) is 23.1 Å². The fraction of sp³-hybridized carbons (Fsp3) is 0.182. The molecule has 0 aliphatic carbocycles. The highest BCUT2D eigenvalue weighted by molar-refractivity contribution is 8.18. The summed E-state index contributed by atoms with van der Waals surface area (Å²) in [6.07, 6.45) is -3.45. The van der Waals surface area contributed by atoms with Crippen LogP contribution in [0.5, 0.6) is 11.5 Å². The first-order chi connectivity index (χ1) is 16.0. The van der Waals surface area contributed by atoms with Gasteiger partial charge in [-0.2, -0.15) is 23.4 Å². The molecule has 7 nitrogen and oxygen atoms in total. The number of aliphatic imine (C=N–C) groups is 1. The zero-order chi connectivity index (χ0) is 24.6. The van der Waals surface area contributed by atoms with Crippen molar-refractivity contribution in [2.24, 2.45) is 10.9 Å². The molecule has 0 atom stereocenters. The molecule has 2 heterocycles. The summed E-state index contributed by atoms with van der Waals surface area (Å²) >= 11 is 1.02. The Kier molecular flexibility index (Phi) is 6.05. The first-order valence-corrected chi connectivity index (χ1v) is 10.5. The molecule has 1 amide bonds.